The lowest BCUT2D eigenvalue weighted by Gasteiger charge is -2.04. The van der Waals surface area contributed by atoms with Gasteiger partial charge in [0.25, 0.3) is 0 Å². The van der Waals surface area contributed by atoms with E-state index >= 15 is 0 Å². The van der Waals surface area contributed by atoms with Gasteiger partial charge in [-0.1, -0.05) is 272 Å². The van der Waals surface area contributed by atoms with Gasteiger partial charge >= 0.3 is 0 Å². The standard InChI is InChI=1S/C16H12.C14H12.C12H10.C11H14.C10H12/c1-2-12-8-5-9-15-10-13-6-3-4-7-14(13)11-16(12)15;1-2-12-8-6-7-11-14(12)13-9-4-3-5-10-13;1-2-10-7-5-8-11-6-3-4-9-12(10)11;1-3-7-11-9-6-5-8-10(11)4-2;1-3-9-7-5-6-8-10(9)4-2/h2-11H,1H2;2-11H,1H2;2-9H,1H2;4-6,8-9H,2-3,7H2,1H3;3,5-8H,1,4H2,2H3. The van der Waals surface area contributed by atoms with Crippen molar-refractivity contribution in [3.8, 4) is 11.1 Å². The van der Waals surface area contributed by atoms with Crippen LogP contribution in [0.5, 0.6) is 0 Å². The maximum atomic E-state index is 3.86. The molecule has 9 aromatic rings. The van der Waals surface area contributed by atoms with Gasteiger partial charge in [0.15, 0.2) is 0 Å². The van der Waals surface area contributed by atoms with E-state index < -0.39 is 0 Å². The van der Waals surface area contributed by atoms with E-state index in [4.69, 9.17) is 0 Å². The highest BCUT2D eigenvalue weighted by atomic mass is 14.1. The predicted molar refractivity (Wildman–Crippen MR) is 284 cm³/mol. The van der Waals surface area contributed by atoms with E-state index in [0.29, 0.717) is 0 Å². The van der Waals surface area contributed by atoms with Crippen molar-refractivity contribution in [3.63, 3.8) is 0 Å². The van der Waals surface area contributed by atoms with Crippen LogP contribution in [0.2, 0.25) is 0 Å². The van der Waals surface area contributed by atoms with Crippen LogP contribution < -0.4 is 0 Å². The Kier molecular flexibility index (Phi) is 18.7. The molecule has 0 fully saturated rings. The minimum Gasteiger partial charge on any atom is -0.0985 e. The maximum absolute atomic E-state index is 3.86. The number of hydrogen-bond donors (Lipinski definition) is 0. The van der Waals surface area contributed by atoms with Crippen molar-refractivity contribution in [1.29, 1.82) is 0 Å². The van der Waals surface area contributed by atoms with E-state index in [9.17, 15) is 0 Å². The van der Waals surface area contributed by atoms with Crippen LogP contribution in [0.15, 0.2) is 233 Å². The van der Waals surface area contributed by atoms with Gasteiger partial charge in [-0.2, -0.15) is 0 Å². The van der Waals surface area contributed by atoms with E-state index in [1.54, 1.807) is 0 Å². The molecule has 0 amide bonds. The van der Waals surface area contributed by atoms with E-state index in [2.05, 4.69) is 229 Å². The largest absolute Gasteiger partial charge is 0.0985 e. The number of aryl methyl sites for hydroxylation is 2. The molecule has 0 spiro atoms. The Morgan fingerprint density at radius 1 is 0.333 bits per heavy atom. The summed E-state index contributed by atoms with van der Waals surface area (Å²) < 4.78 is 0. The molecule has 9 rings (SSSR count). The smallest absolute Gasteiger partial charge is 0.0105 e. The van der Waals surface area contributed by atoms with Gasteiger partial charge in [0.1, 0.15) is 0 Å². The molecule has 312 valence electrons. The summed E-state index contributed by atoms with van der Waals surface area (Å²) in [7, 11) is 0. The Balaban J connectivity index is 0.000000150. The molecule has 0 aliphatic rings. The van der Waals surface area contributed by atoms with Crippen molar-refractivity contribution in [2.45, 2.75) is 33.1 Å². The Labute approximate surface area is 377 Å². The van der Waals surface area contributed by atoms with Gasteiger partial charge in [0.05, 0.1) is 0 Å². The van der Waals surface area contributed by atoms with Crippen LogP contribution in [-0.2, 0) is 12.8 Å². The summed E-state index contributed by atoms with van der Waals surface area (Å²) in [5.41, 5.74) is 11.4. The normalized spacial score (nSPS) is 9.94. The molecular weight excluding hydrogens is 757 g/mol. The molecule has 0 N–H and O–H groups in total. The van der Waals surface area contributed by atoms with Crippen LogP contribution >= 0.6 is 0 Å². The van der Waals surface area contributed by atoms with Gasteiger partial charge in [-0.05, 0) is 107 Å². The summed E-state index contributed by atoms with van der Waals surface area (Å²) in [6, 6.07) is 69.2. The van der Waals surface area contributed by atoms with Crippen LogP contribution in [-0.4, -0.2) is 0 Å². The molecule has 63 heavy (non-hydrogen) atoms. The van der Waals surface area contributed by atoms with E-state index in [-0.39, 0.29) is 0 Å². The highest BCUT2D eigenvalue weighted by Gasteiger charge is 2.01. The molecule has 0 heterocycles. The highest BCUT2D eigenvalue weighted by Crippen LogP contribution is 2.26. The average Bonchev–Trinajstić information content (AvgIpc) is 3.36. The Morgan fingerprint density at radius 2 is 0.762 bits per heavy atom. The zero-order valence-electron chi connectivity index (χ0n) is 37.1. The first-order chi connectivity index (χ1) is 31.0. The SMILES string of the molecule is C=Cc1cccc2cc3ccccc3cc12.C=Cc1cccc2ccccc12.C=Cc1ccccc1-c1ccccc1.C=Cc1ccccc1CC.C=Cc1ccccc1CCC. The maximum Gasteiger partial charge on any atom is -0.0105 e. The first kappa shape index (κ1) is 46.5. The van der Waals surface area contributed by atoms with Crippen LogP contribution in [0.3, 0.4) is 0 Å². The lowest BCUT2D eigenvalue weighted by atomic mass is 10.00. The fourth-order valence-electron chi connectivity index (χ4n) is 7.44. The number of hydrogen-bond acceptors (Lipinski definition) is 0. The fraction of sp³-hybridized carbons (Fsp3) is 0.0794. The second-order valence-electron chi connectivity index (χ2n) is 14.8. The van der Waals surface area contributed by atoms with Crippen LogP contribution in [0.1, 0.15) is 59.2 Å². The number of rotatable bonds is 9. The van der Waals surface area contributed by atoms with E-state index in [1.165, 1.54) is 88.8 Å². The van der Waals surface area contributed by atoms with Gasteiger partial charge < -0.3 is 0 Å². The van der Waals surface area contributed by atoms with Gasteiger partial charge in [-0.3, -0.25) is 0 Å². The lowest BCUT2D eigenvalue weighted by molar-refractivity contribution is 0.919. The predicted octanol–water partition coefficient (Wildman–Crippen LogP) is 18.3. The summed E-state index contributed by atoms with van der Waals surface area (Å²) in [6.45, 7) is 23.3. The third kappa shape index (κ3) is 13.2. The molecule has 0 aromatic heterocycles. The topological polar surface area (TPSA) is 0 Å². The summed E-state index contributed by atoms with van der Waals surface area (Å²) in [4.78, 5) is 0. The van der Waals surface area contributed by atoms with E-state index in [0.717, 1.165) is 12.8 Å². The molecule has 9 aromatic carbocycles. The third-order valence-corrected chi connectivity index (χ3v) is 10.8. The van der Waals surface area contributed by atoms with Crippen molar-refractivity contribution >= 4 is 62.7 Å². The van der Waals surface area contributed by atoms with Crippen LogP contribution in [0.4, 0.5) is 0 Å². The molecular formula is C63H60. The van der Waals surface area contributed by atoms with Crippen molar-refractivity contribution in [1.82, 2.24) is 0 Å². The van der Waals surface area contributed by atoms with Crippen molar-refractivity contribution < 1.29 is 0 Å². The minimum atomic E-state index is 1.09. The van der Waals surface area contributed by atoms with Crippen LogP contribution in [0, 0.1) is 0 Å². The molecule has 0 radical (unpaired) electrons. The second kappa shape index (κ2) is 25.3. The molecule has 0 heteroatoms. The molecule has 0 aliphatic carbocycles. The van der Waals surface area contributed by atoms with Crippen molar-refractivity contribution in [3.05, 3.63) is 272 Å². The average molecular weight is 817 g/mol. The summed E-state index contributed by atoms with van der Waals surface area (Å²) in [5, 5.41) is 7.66. The van der Waals surface area contributed by atoms with Gasteiger partial charge in [0, 0.05) is 0 Å². The van der Waals surface area contributed by atoms with Crippen LogP contribution in [0.25, 0.3) is 73.8 Å². The highest BCUT2D eigenvalue weighted by molar-refractivity contribution is 6.01. The fourth-order valence-corrected chi connectivity index (χ4v) is 7.44. The van der Waals surface area contributed by atoms with Gasteiger partial charge in [-0.15, -0.1) is 0 Å². The molecule has 0 unspecified atom stereocenters. The van der Waals surface area contributed by atoms with Gasteiger partial charge in [-0.25, -0.2) is 0 Å². The molecule has 0 atom stereocenters. The monoisotopic (exact) mass is 816 g/mol. The summed E-state index contributed by atoms with van der Waals surface area (Å²) >= 11 is 0. The third-order valence-electron chi connectivity index (χ3n) is 10.8. The Bertz CT molecular complexity index is 2870. The first-order valence-corrected chi connectivity index (χ1v) is 21.8. The Hall–Kier alpha value is -7.54. The van der Waals surface area contributed by atoms with E-state index in [1.807, 2.05) is 48.6 Å². The second-order valence-corrected chi connectivity index (χ2v) is 14.8. The molecule has 0 bridgehead atoms. The molecule has 0 saturated carbocycles. The number of fused-ring (bicyclic) bond motifs is 3. The molecule has 0 saturated heterocycles. The Morgan fingerprint density at radius 3 is 1.35 bits per heavy atom. The van der Waals surface area contributed by atoms with Gasteiger partial charge in [0.2, 0.25) is 0 Å². The van der Waals surface area contributed by atoms with Crippen molar-refractivity contribution in [2.24, 2.45) is 0 Å². The van der Waals surface area contributed by atoms with Crippen molar-refractivity contribution in [2.75, 3.05) is 0 Å². The molecule has 0 nitrogen and oxygen atoms in total. The summed E-state index contributed by atoms with van der Waals surface area (Å²) in [6.07, 6.45) is 13.0. The molecule has 0 aliphatic heterocycles. The summed E-state index contributed by atoms with van der Waals surface area (Å²) in [5.74, 6) is 0. The minimum absolute atomic E-state index is 1.09. The zero-order valence-corrected chi connectivity index (χ0v) is 37.1. The first-order valence-electron chi connectivity index (χ1n) is 21.8. The number of benzene rings is 9. The zero-order chi connectivity index (χ0) is 44.7. The quantitative estimate of drug-likeness (QED) is 0.127. The lowest BCUT2D eigenvalue weighted by Crippen LogP contribution is -1.86.